The van der Waals surface area contributed by atoms with Gasteiger partial charge in [-0.25, -0.2) is 4.79 Å². The van der Waals surface area contributed by atoms with Crippen LogP contribution in [0, 0.1) is 6.92 Å². The molecular weight excluding hydrogens is 316 g/mol. The zero-order chi connectivity index (χ0) is 17.6. The van der Waals surface area contributed by atoms with Crippen molar-refractivity contribution in [3.8, 4) is 5.75 Å². The highest BCUT2D eigenvalue weighted by atomic mass is 16.5. The monoisotopic (exact) mass is 340 g/mol. The Morgan fingerprint density at radius 3 is 2.68 bits per heavy atom. The van der Waals surface area contributed by atoms with Crippen LogP contribution in [0.1, 0.15) is 11.3 Å². The number of benzene rings is 1. The van der Waals surface area contributed by atoms with Crippen LogP contribution in [0.2, 0.25) is 0 Å². The molecule has 2 amide bonds. The van der Waals surface area contributed by atoms with Crippen molar-refractivity contribution in [2.75, 3.05) is 38.6 Å². The van der Waals surface area contributed by atoms with Gasteiger partial charge in [-0.05, 0) is 36.8 Å². The third kappa shape index (κ3) is 4.48. The van der Waals surface area contributed by atoms with Gasteiger partial charge in [0.25, 0.3) is 0 Å². The van der Waals surface area contributed by atoms with E-state index in [1.807, 2.05) is 54.4 Å². The van der Waals surface area contributed by atoms with E-state index in [-0.39, 0.29) is 6.03 Å². The van der Waals surface area contributed by atoms with E-state index >= 15 is 0 Å². The molecule has 2 heterocycles. The Labute approximate surface area is 148 Å². The topological polar surface area (TPSA) is 57.7 Å². The number of amides is 2. The summed E-state index contributed by atoms with van der Waals surface area (Å²) in [6, 6.07) is 11.6. The van der Waals surface area contributed by atoms with Crippen LogP contribution in [0.5, 0.6) is 5.75 Å². The fraction of sp³-hybridized carbons (Fsp3) is 0.368. The van der Waals surface area contributed by atoms with Crippen LogP contribution in [0.25, 0.3) is 0 Å². The SMILES string of the molecule is COc1cc(C)ccc1NC(=O)N1CCN(Cc2ccccn2)CC1. The van der Waals surface area contributed by atoms with Gasteiger partial charge in [0.05, 0.1) is 18.5 Å². The van der Waals surface area contributed by atoms with Crippen LogP contribution >= 0.6 is 0 Å². The minimum atomic E-state index is -0.0837. The number of nitrogens with zero attached hydrogens (tertiary/aromatic N) is 3. The first-order valence-corrected chi connectivity index (χ1v) is 8.48. The minimum absolute atomic E-state index is 0.0837. The average molecular weight is 340 g/mol. The Morgan fingerprint density at radius 2 is 2.00 bits per heavy atom. The summed E-state index contributed by atoms with van der Waals surface area (Å²) in [5.41, 5.74) is 2.86. The highest BCUT2D eigenvalue weighted by molar-refractivity contribution is 5.91. The van der Waals surface area contributed by atoms with Crippen molar-refractivity contribution < 1.29 is 9.53 Å². The molecule has 1 aliphatic heterocycles. The van der Waals surface area contributed by atoms with Gasteiger partial charge in [-0.2, -0.15) is 0 Å². The highest BCUT2D eigenvalue weighted by Crippen LogP contribution is 2.25. The predicted octanol–water partition coefficient (Wildman–Crippen LogP) is 2.75. The second-order valence-electron chi connectivity index (χ2n) is 6.22. The lowest BCUT2D eigenvalue weighted by Gasteiger charge is -2.34. The number of urea groups is 1. The first-order chi connectivity index (χ1) is 12.2. The van der Waals surface area contributed by atoms with Crippen LogP contribution in [-0.2, 0) is 6.54 Å². The second-order valence-corrected chi connectivity index (χ2v) is 6.22. The number of aryl methyl sites for hydroxylation is 1. The molecule has 0 atom stereocenters. The molecule has 0 bridgehead atoms. The molecule has 0 aliphatic carbocycles. The van der Waals surface area contributed by atoms with E-state index in [1.54, 1.807) is 7.11 Å². The number of hydrogen-bond acceptors (Lipinski definition) is 4. The number of carbonyl (C=O) groups is 1. The summed E-state index contributed by atoms with van der Waals surface area (Å²) in [4.78, 5) is 21.0. The Morgan fingerprint density at radius 1 is 1.20 bits per heavy atom. The summed E-state index contributed by atoms with van der Waals surface area (Å²) in [5, 5.41) is 2.95. The molecular formula is C19H24N4O2. The fourth-order valence-corrected chi connectivity index (χ4v) is 2.93. The van der Waals surface area contributed by atoms with Crippen molar-refractivity contribution in [3.05, 3.63) is 53.9 Å². The quantitative estimate of drug-likeness (QED) is 0.930. The summed E-state index contributed by atoms with van der Waals surface area (Å²) in [6.45, 7) is 5.90. The Hall–Kier alpha value is -2.60. The molecule has 1 aromatic carbocycles. The van der Waals surface area contributed by atoms with E-state index in [1.165, 1.54) is 0 Å². The van der Waals surface area contributed by atoms with Gasteiger partial charge in [0.1, 0.15) is 5.75 Å². The van der Waals surface area contributed by atoms with Gasteiger partial charge in [0.15, 0.2) is 0 Å². The van der Waals surface area contributed by atoms with Gasteiger partial charge in [0, 0.05) is 38.9 Å². The lowest BCUT2D eigenvalue weighted by molar-refractivity contribution is 0.142. The highest BCUT2D eigenvalue weighted by Gasteiger charge is 2.22. The third-order valence-electron chi connectivity index (χ3n) is 4.37. The molecule has 2 aromatic rings. The van der Waals surface area contributed by atoms with Crippen molar-refractivity contribution in [1.29, 1.82) is 0 Å². The smallest absolute Gasteiger partial charge is 0.322 e. The summed E-state index contributed by atoms with van der Waals surface area (Å²) in [7, 11) is 1.61. The summed E-state index contributed by atoms with van der Waals surface area (Å²) >= 11 is 0. The molecule has 1 aliphatic rings. The molecule has 0 spiro atoms. The minimum Gasteiger partial charge on any atom is -0.495 e. The normalized spacial score (nSPS) is 15.0. The number of hydrogen-bond donors (Lipinski definition) is 1. The number of aromatic nitrogens is 1. The number of rotatable bonds is 4. The van der Waals surface area contributed by atoms with Crippen molar-refractivity contribution in [3.63, 3.8) is 0 Å². The lowest BCUT2D eigenvalue weighted by Crippen LogP contribution is -2.49. The fourth-order valence-electron chi connectivity index (χ4n) is 2.93. The number of pyridine rings is 1. The summed E-state index contributed by atoms with van der Waals surface area (Å²) in [6.07, 6.45) is 1.81. The van der Waals surface area contributed by atoms with E-state index in [9.17, 15) is 4.79 Å². The zero-order valence-electron chi connectivity index (χ0n) is 14.7. The van der Waals surface area contributed by atoms with Gasteiger partial charge in [0.2, 0.25) is 0 Å². The Balaban J connectivity index is 1.53. The Kier molecular flexibility index (Phi) is 5.50. The molecule has 1 N–H and O–H groups in total. The number of carbonyl (C=O) groups excluding carboxylic acids is 1. The Bertz CT molecular complexity index is 713. The van der Waals surface area contributed by atoms with Crippen molar-refractivity contribution in [2.24, 2.45) is 0 Å². The molecule has 6 nitrogen and oxygen atoms in total. The molecule has 0 radical (unpaired) electrons. The largest absolute Gasteiger partial charge is 0.495 e. The van der Waals surface area contributed by atoms with Gasteiger partial charge < -0.3 is 15.0 Å². The van der Waals surface area contributed by atoms with Crippen LogP contribution in [0.4, 0.5) is 10.5 Å². The van der Waals surface area contributed by atoms with Crippen molar-refractivity contribution in [2.45, 2.75) is 13.5 Å². The number of anilines is 1. The maximum Gasteiger partial charge on any atom is 0.322 e. The maximum atomic E-state index is 12.5. The van der Waals surface area contributed by atoms with Gasteiger partial charge >= 0.3 is 6.03 Å². The molecule has 3 rings (SSSR count). The molecule has 1 aromatic heterocycles. The summed E-state index contributed by atoms with van der Waals surface area (Å²) in [5.74, 6) is 0.683. The standard InChI is InChI=1S/C19H24N4O2/c1-15-6-7-17(18(13-15)25-2)21-19(24)23-11-9-22(10-12-23)14-16-5-3-4-8-20-16/h3-8,13H,9-12,14H2,1-2H3,(H,21,24). The second kappa shape index (κ2) is 7.98. The van der Waals surface area contributed by atoms with Gasteiger partial charge in [-0.1, -0.05) is 12.1 Å². The van der Waals surface area contributed by atoms with E-state index < -0.39 is 0 Å². The van der Waals surface area contributed by atoms with E-state index in [2.05, 4.69) is 15.2 Å². The number of piperazine rings is 1. The third-order valence-corrected chi connectivity index (χ3v) is 4.37. The van der Waals surface area contributed by atoms with Gasteiger partial charge in [-0.15, -0.1) is 0 Å². The molecule has 0 unspecified atom stereocenters. The van der Waals surface area contributed by atoms with E-state index in [0.717, 1.165) is 30.9 Å². The van der Waals surface area contributed by atoms with E-state index in [4.69, 9.17) is 4.74 Å². The van der Waals surface area contributed by atoms with Crippen LogP contribution < -0.4 is 10.1 Å². The maximum absolute atomic E-state index is 12.5. The molecule has 132 valence electrons. The van der Waals surface area contributed by atoms with E-state index in [0.29, 0.717) is 24.5 Å². The van der Waals surface area contributed by atoms with Gasteiger partial charge in [-0.3, -0.25) is 9.88 Å². The first-order valence-electron chi connectivity index (χ1n) is 8.48. The van der Waals surface area contributed by atoms with Crippen molar-refractivity contribution >= 4 is 11.7 Å². The number of nitrogens with one attached hydrogen (secondary N) is 1. The predicted molar refractivity (Wildman–Crippen MR) is 97.8 cm³/mol. The number of methoxy groups -OCH3 is 1. The summed E-state index contributed by atoms with van der Waals surface area (Å²) < 4.78 is 5.35. The molecule has 1 fully saturated rings. The average Bonchev–Trinajstić information content (AvgIpc) is 2.64. The van der Waals surface area contributed by atoms with Crippen LogP contribution in [0.3, 0.4) is 0 Å². The lowest BCUT2D eigenvalue weighted by atomic mass is 10.2. The van der Waals surface area contributed by atoms with Crippen LogP contribution in [0.15, 0.2) is 42.6 Å². The van der Waals surface area contributed by atoms with Crippen molar-refractivity contribution in [1.82, 2.24) is 14.8 Å². The molecule has 25 heavy (non-hydrogen) atoms. The molecule has 0 saturated carbocycles. The molecule has 6 heteroatoms. The zero-order valence-corrected chi connectivity index (χ0v) is 14.7. The first kappa shape index (κ1) is 17.2. The molecule has 1 saturated heterocycles. The number of ether oxygens (including phenoxy) is 1. The van der Waals surface area contributed by atoms with Crippen LogP contribution in [-0.4, -0.2) is 54.1 Å².